The Kier molecular flexibility index (Phi) is 2.61. The number of halogens is 3. The minimum Gasteiger partial charge on any atom is -0.355 e. The van der Waals surface area contributed by atoms with Crippen molar-refractivity contribution in [3.05, 3.63) is 35.4 Å². The summed E-state index contributed by atoms with van der Waals surface area (Å²) in [5.74, 6) is -0.253. The van der Waals surface area contributed by atoms with Crippen molar-refractivity contribution in [3.63, 3.8) is 0 Å². The molecule has 1 amide bonds. The number of alkyl halides is 3. The van der Waals surface area contributed by atoms with Crippen molar-refractivity contribution >= 4 is 5.91 Å². The Bertz CT molecular complexity index is 414. The molecule has 2 rings (SSSR count). The molecule has 1 heterocycles. The summed E-state index contributed by atoms with van der Waals surface area (Å²) in [5.41, 5.74) is -0.0995. The molecule has 2 nitrogen and oxygen atoms in total. The molecule has 5 heteroatoms. The van der Waals surface area contributed by atoms with Gasteiger partial charge in [0, 0.05) is 18.9 Å². The van der Waals surface area contributed by atoms with E-state index < -0.39 is 11.7 Å². The molecule has 1 aromatic rings. The standard InChI is InChI=1S/C11H10F3NO/c12-11(13,14)9-3-1-2-7(4-9)8-5-10(16)15-6-8/h1-4,8H,5-6H2,(H,15,16)/t8-/m0/s1. The molecular weight excluding hydrogens is 219 g/mol. The van der Waals surface area contributed by atoms with Crippen LogP contribution in [0.15, 0.2) is 24.3 Å². The minimum atomic E-state index is -4.33. The number of carbonyl (C=O) groups is 1. The molecule has 1 saturated heterocycles. The van der Waals surface area contributed by atoms with Gasteiger partial charge in [-0.2, -0.15) is 13.2 Å². The van der Waals surface area contributed by atoms with Crippen LogP contribution in [0, 0.1) is 0 Å². The lowest BCUT2D eigenvalue weighted by Gasteiger charge is -2.11. The van der Waals surface area contributed by atoms with E-state index in [1.54, 1.807) is 6.07 Å². The molecule has 0 saturated carbocycles. The Hall–Kier alpha value is -1.52. The molecule has 0 aliphatic carbocycles. The molecule has 1 atom stereocenters. The van der Waals surface area contributed by atoms with E-state index in [4.69, 9.17) is 0 Å². The zero-order chi connectivity index (χ0) is 11.8. The fraction of sp³-hybridized carbons (Fsp3) is 0.364. The number of rotatable bonds is 1. The molecule has 0 unspecified atom stereocenters. The maximum Gasteiger partial charge on any atom is 0.416 e. The average molecular weight is 229 g/mol. The summed E-state index contributed by atoms with van der Waals surface area (Å²) >= 11 is 0. The smallest absolute Gasteiger partial charge is 0.355 e. The van der Waals surface area contributed by atoms with Crippen LogP contribution in [-0.2, 0) is 11.0 Å². The van der Waals surface area contributed by atoms with Crippen LogP contribution in [0.1, 0.15) is 23.5 Å². The van der Waals surface area contributed by atoms with Gasteiger partial charge in [0.15, 0.2) is 0 Å². The van der Waals surface area contributed by atoms with Gasteiger partial charge < -0.3 is 5.32 Å². The normalized spacial score (nSPS) is 20.9. The number of benzene rings is 1. The monoisotopic (exact) mass is 229 g/mol. The summed E-state index contributed by atoms with van der Waals surface area (Å²) in [5, 5.41) is 2.61. The molecule has 1 fully saturated rings. The summed E-state index contributed by atoms with van der Waals surface area (Å²) in [7, 11) is 0. The Balaban J connectivity index is 2.26. The highest BCUT2D eigenvalue weighted by Crippen LogP contribution is 2.32. The Morgan fingerprint density at radius 2 is 2.06 bits per heavy atom. The first kappa shape index (κ1) is 11.0. The molecule has 1 aromatic carbocycles. The van der Waals surface area contributed by atoms with Gasteiger partial charge in [-0.05, 0) is 11.6 Å². The number of hydrogen-bond acceptors (Lipinski definition) is 1. The van der Waals surface area contributed by atoms with Gasteiger partial charge in [0.2, 0.25) is 5.91 Å². The van der Waals surface area contributed by atoms with Gasteiger partial charge in [-0.1, -0.05) is 18.2 Å². The van der Waals surface area contributed by atoms with E-state index in [1.807, 2.05) is 0 Å². The lowest BCUT2D eigenvalue weighted by Crippen LogP contribution is -2.13. The largest absolute Gasteiger partial charge is 0.416 e. The summed E-state index contributed by atoms with van der Waals surface area (Å²) < 4.78 is 37.3. The predicted octanol–water partition coefficient (Wildman–Crippen LogP) is 2.31. The number of carbonyl (C=O) groups excluding carboxylic acids is 1. The van der Waals surface area contributed by atoms with Crippen LogP contribution in [-0.4, -0.2) is 12.5 Å². The van der Waals surface area contributed by atoms with Crippen LogP contribution < -0.4 is 5.32 Å². The second-order valence-electron chi connectivity index (χ2n) is 3.83. The van der Waals surface area contributed by atoms with Gasteiger partial charge in [-0.15, -0.1) is 0 Å². The van der Waals surface area contributed by atoms with Crippen LogP contribution in [0.2, 0.25) is 0 Å². The quantitative estimate of drug-likeness (QED) is 0.786. The summed E-state index contributed by atoms with van der Waals surface area (Å²) in [6, 6.07) is 5.15. The third-order valence-electron chi connectivity index (χ3n) is 2.66. The molecule has 1 aliphatic rings. The molecule has 0 bridgehead atoms. The summed E-state index contributed by atoms with van der Waals surface area (Å²) in [6.45, 7) is 0.417. The van der Waals surface area contributed by atoms with E-state index in [2.05, 4.69) is 5.32 Å². The average Bonchev–Trinajstić information content (AvgIpc) is 2.64. The first-order chi connectivity index (χ1) is 7.47. The third-order valence-corrected chi connectivity index (χ3v) is 2.66. The van der Waals surface area contributed by atoms with E-state index in [0.29, 0.717) is 12.1 Å². The molecule has 0 spiro atoms. The molecular formula is C11H10F3NO. The van der Waals surface area contributed by atoms with Crippen LogP contribution in [0.5, 0.6) is 0 Å². The van der Waals surface area contributed by atoms with Gasteiger partial charge in [0.1, 0.15) is 0 Å². The highest BCUT2D eigenvalue weighted by atomic mass is 19.4. The molecule has 16 heavy (non-hydrogen) atoms. The van der Waals surface area contributed by atoms with Gasteiger partial charge in [0.05, 0.1) is 5.56 Å². The zero-order valence-electron chi connectivity index (χ0n) is 8.34. The highest BCUT2D eigenvalue weighted by Gasteiger charge is 2.31. The zero-order valence-corrected chi connectivity index (χ0v) is 8.34. The molecule has 0 aromatic heterocycles. The predicted molar refractivity (Wildman–Crippen MR) is 51.8 cm³/mol. The second kappa shape index (κ2) is 3.81. The van der Waals surface area contributed by atoms with Crippen LogP contribution in [0.3, 0.4) is 0 Å². The van der Waals surface area contributed by atoms with Crippen molar-refractivity contribution in [2.45, 2.75) is 18.5 Å². The summed E-state index contributed by atoms with van der Waals surface area (Å²) in [4.78, 5) is 11.0. The topological polar surface area (TPSA) is 29.1 Å². The molecule has 86 valence electrons. The second-order valence-corrected chi connectivity index (χ2v) is 3.83. The first-order valence-electron chi connectivity index (χ1n) is 4.90. The van der Waals surface area contributed by atoms with Crippen molar-refractivity contribution < 1.29 is 18.0 Å². The van der Waals surface area contributed by atoms with E-state index in [9.17, 15) is 18.0 Å². The number of amides is 1. The van der Waals surface area contributed by atoms with Crippen LogP contribution >= 0.6 is 0 Å². The minimum absolute atomic E-state index is 0.109. The SMILES string of the molecule is O=C1C[C@H](c2cccc(C(F)(F)F)c2)CN1. The van der Waals surface area contributed by atoms with Crippen molar-refractivity contribution in [1.82, 2.24) is 5.32 Å². The Morgan fingerprint density at radius 1 is 1.31 bits per heavy atom. The van der Waals surface area contributed by atoms with E-state index >= 15 is 0 Å². The highest BCUT2D eigenvalue weighted by molar-refractivity contribution is 5.79. The fourth-order valence-electron chi connectivity index (χ4n) is 1.81. The molecule has 1 aliphatic heterocycles. The van der Waals surface area contributed by atoms with Crippen LogP contribution in [0.25, 0.3) is 0 Å². The van der Waals surface area contributed by atoms with E-state index in [0.717, 1.165) is 12.1 Å². The van der Waals surface area contributed by atoms with Crippen molar-refractivity contribution in [2.24, 2.45) is 0 Å². The number of nitrogens with one attached hydrogen (secondary N) is 1. The van der Waals surface area contributed by atoms with Crippen LogP contribution in [0.4, 0.5) is 13.2 Å². The molecule has 0 radical (unpaired) electrons. The molecule has 1 N–H and O–H groups in total. The Labute approximate surface area is 90.5 Å². The third kappa shape index (κ3) is 2.18. The van der Waals surface area contributed by atoms with E-state index in [1.165, 1.54) is 6.07 Å². The van der Waals surface area contributed by atoms with Gasteiger partial charge >= 0.3 is 6.18 Å². The maximum absolute atomic E-state index is 12.4. The van der Waals surface area contributed by atoms with E-state index in [-0.39, 0.29) is 18.2 Å². The van der Waals surface area contributed by atoms with Gasteiger partial charge in [-0.25, -0.2) is 0 Å². The maximum atomic E-state index is 12.4. The lowest BCUT2D eigenvalue weighted by atomic mass is 9.96. The fourth-order valence-corrected chi connectivity index (χ4v) is 1.81. The van der Waals surface area contributed by atoms with Crippen molar-refractivity contribution in [2.75, 3.05) is 6.54 Å². The van der Waals surface area contributed by atoms with Crippen molar-refractivity contribution in [1.29, 1.82) is 0 Å². The van der Waals surface area contributed by atoms with Gasteiger partial charge in [0.25, 0.3) is 0 Å². The Morgan fingerprint density at radius 3 is 2.62 bits per heavy atom. The first-order valence-corrected chi connectivity index (χ1v) is 4.90. The van der Waals surface area contributed by atoms with Crippen molar-refractivity contribution in [3.8, 4) is 0 Å². The number of hydrogen-bond donors (Lipinski definition) is 1. The summed E-state index contributed by atoms with van der Waals surface area (Å²) in [6.07, 6.45) is -4.06. The lowest BCUT2D eigenvalue weighted by molar-refractivity contribution is -0.137. The van der Waals surface area contributed by atoms with Gasteiger partial charge in [-0.3, -0.25) is 4.79 Å².